The Labute approximate surface area is 256 Å². The predicted molar refractivity (Wildman–Crippen MR) is 165 cm³/mol. The van der Waals surface area contributed by atoms with Gasteiger partial charge in [-0.25, -0.2) is 0 Å². The number of halogens is 1. The molecule has 0 aromatic heterocycles. The molecule has 0 spiro atoms. The molecule has 43 heavy (non-hydrogen) atoms. The van der Waals surface area contributed by atoms with E-state index in [4.69, 9.17) is 16.3 Å². The Hall–Kier alpha value is -4.12. The van der Waals surface area contributed by atoms with Crippen molar-refractivity contribution < 1.29 is 24.5 Å². The summed E-state index contributed by atoms with van der Waals surface area (Å²) in [4.78, 5) is 35.7. The van der Waals surface area contributed by atoms with Crippen LogP contribution in [-0.2, 0) is 22.7 Å². The fourth-order valence-electron chi connectivity index (χ4n) is 5.08. The van der Waals surface area contributed by atoms with Crippen molar-refractivity contribution in [2.45, 2.75) is 25.3 Å². The summed E-state index contributed by atoms with van der Waals surface area (Å²) >= 11 is 5.99. The van der Waals surface area contributed by atoms with Gasteiger partial charge in [0.2, 0.25) is 0 Å². The second-order valence-electron chi connectivity index (χ2n) is 10.5. The minimum atomic E-state index is -1.87. The molecule has 3 aromatic rings. The van der Waals surface area contributed by atoms with Crippen LogP contribution in [0.5, 0.6) is 5.75 Å². The van der Waals surface area contributed by atoms with Gasteiger partial charge in [-0.05, 0) is 47.5 Å². The number of hydrogen-bond acceptors (Lipinski definition) is 8. The number of anilines is 1. The minimum absolute atomic E-state index is 0.119. The van der Waals surface area contributed by atoms with Crippen LogP contribution in [0.4, 0.5) is 5.69 Å². The highest BCUT2D eigenvalue weighted by molar-refractivity contribution is 6.30. The molecule has 3 aromatic carbocycles. The number of rotatable bonds is 11. The number of piperazine rings is 1. The van der Waals surface area contributed by atoms with Crippen LogP contribution in [-0.4, -0.2) is 95.7 Å². The number of aliphatic hydroxyl groups is 2. The molecule has 0 aliphatic carbocycles. The first kappa shape index (κ1) is 30.3. The first-order chi connectivity index (χ1) is 20.9. The highest BCUT2D eigenvalue weighted by Crippen LogP contribution is 2.18. The molecular formula is C32H36ClN5O5. The Morgan fingerprint density at radius 1 is 0.860 bits per heavy atom. The van der Waals surface area contributed by atoms with Gasteiger partial charge in [0.15, 0.2) is 12.2 Å². The second-order valence-corrected chi connectivity index (χ2v) is 11.0. The van der Waals surface area contributed by atoms with Crippen LogP contribution in [0.3, 0.4) is 0 Å². The molecule has 2 aliphatic rings. The van der Waals surface area contributed by atoms with E-state index in [1.54, 1.807) is 24.3 Å². The molecule has 226 valence electrons. The number of carbonyl (C=O) groups is 2. The average Bonchev–Trinajstić information content (AvgIpc) is 3.50. The van der Waals surface area contributed by atoms with Crippen LogP contribution in [0, 0.1) is 0 Å². The summed E-state index contributed by atoms with van der Waals surface area (Å²) < 4.78 is 5.94. The molecule has 1 saturated heterocycles. The van der Waals surface area contributed by atoms with Gasteiger partial charge in [0, 0.05) is 56.5 Å². The van der Waals surface area contributed by atoms with Crippen molar-refractivity contribution in [2.75, 3.05) is 50.8 Å². The van der Waals surface area contributed by atoms with Gasteiger partial charge in [-0.1, -0.05) is 54.1 Å². The van der Waals surface area contributed by atoms with Crippen LogP contribution < -0.4 is 15.0 Å². The van der Waals surface area contributed by atoms with E-state index in [-0.39, 0.29) is 6.54 Å². The SMILES string of the molecule is O=C(NCc1ccc(OCC2=NCCN2Cc2ccc(Cl)cc2)cc1)[C@H](O)[C@@H](O)C(=O)N1CCN(c2ccccc2)CC1. The zero-order chi connectivity index (χ0) is 30.2. The third kappa shape index (κ3) is 8.04. The summed E-state index contributed by atoms with van der Waals surface area (Å²) in [5, 5.41) is 24.1. The number of nitrogens with zero attached hydrogens (tertiary/aromatic N) is 4. The van der Waals surface area contributed by atoms with E-state index < -0.39 is 24.0 Å². The first-order valence-electron chi connectivity index (χ1n) is 14.3. The number of ether oxygens (including phenoxy) is 1. The Kier molecular flexibility index (Phi) is 10.1. The fraction of sp³-hybridized carbons (Fsp3) is 0.344. The predicted octanol–water partition coefficient (Wildman–Crippen LogP) is 2.32. The molecule has 2 amide bonds. The Balaban J connectivity index is 1.04. The van der Waals surface area contributed by atoms with E-state index in [2.05, 4.69) is 20.1 Å². The monoisotopic (exact) mass is 605 g/mol. The number of hydrogen-bond donors (Lipinski definition) is 3. The molecule has 1 fully saturated rings. The van der Waals surface area contributed by atoms with Gasteiger partial charge in [-0.2, -0.15) is 0 Å². The lowest BCUT2D eigenvalue weighted by Crippen LogP contribution is -2.55. The van der Waals surface area contributed by atoms with E-state index in [0.717, 1.165) is 42.3 Å². The number of para-hydroxylation sites is 1. The molecule has 0 unspecified atom stereocenters. The second kappa shape index (κ2) is 14.4. The smallest absolute Gasteiger partial charge is 0.254 e. The molecular weight excluding hydrogens is 570 g/mol. The van der Waals surface area contributed by atoms with Crippen molar-refractivity contribution in [3.63, 3.8) is 0 Å². The van der Waals surface area contributed by atoms with Crippen LogP contribution in [0.25, 0.3) is 0 Å². The Morgan fingerprint density at radius 3 is 2.23 bits per heavy atom. The lowest BCUT2D eigenvalue weighted by molar-refractivity contribution is -0.153. The van der Waals surface area contributed by atoms with E-state index in [0.29, 0.717) is 43.6 Å². The van der Waals surface area contributed by atoms with E-state index >= 15 is 0 Å². The van der Waals surface area contributed by atoms with Crippen molar-refractivity contribution in [3.8, 4) is 5.75 Å². The third-order valence-electron chi connectivity index (χ3n) is 7.61. The lowest BCUT2D eigenvalue weighted by atomic mass is 10.1. The summed E-state index contributed by atoms with van der Waals surface area (Å²) in [5.74, 6) is 0.0653. The molecule has 2 atom stereocenters. The quantitative estimate of drug-likeness (QED) is 0.307. The highest BCUT2D eigenvalue weighted by Gasteiger charge is 2.34. The summed E-state index contributed by atoms with van der Waals surface area (Å²) in [6.45, 7) is 4.72. The van der Waals surface area contributed by atoms with Gasteiger partial charge in [-0.3, -0.25) is 14.6 Å². The van der Waals surface area contributed by atoms with E-state index in [1.807, 2.05) is 54.6 Å². The minimum Gasteiger partial charge on any atom is -0.486 e. The van der Waals surface area contributed by atoms with Crippen LogP contribution in [0.15, 0.2) is 83.9 Å². The van der Waals surface area contributed by atoms with Gasteiger partial charge in [0.05, 0.1) is 6.54 Å². The van der Waals surface area contributed by atoms with Crippen molar-refractivity contribution in [1.82, 2.24) is 15.1 Å². The third-order valence-corrected chi connectivity index (χ3v) is 7.86. The van der Waals surface area contributed by atoms with E-state index in [9.17, 15) is 19.8 Å². The summed E-state index contributed by atoms with van der Waals surface area (Å²) in [7, 11) is 0. The number of aliphatic hydroxyl groups excluding tert-OH is 2. The standard InChI is InChI=1S/C32H36ClN5O5/c33-25-10-6-24(7-11-25)21-38-15-14-34-28(38)22-43-27-12-8-23(9-13-27)20-35-31(41)29(39)30(40)32(42)37-18-16-36(17-19-37)26-4-2-1-3-5-26/h1-13,29-30,39-40H,14-22H2,(H,35,41)/t29-,30-/m1/s1. The zero-order valence-corrected chi connectivity index (χ0v) is 24.6. The number of aliphatic imine (C=N–C) groups is 1. The number of carbonyl (C=O) groups excluding carboxylic acids is 2. The Morgan fingerprint density at radius 2 is 1.53 bits per heavy atom. The van der Waals surface area contributed by atoms with E-state index in [1.165, 1.54) is 4.90 Å². The normalized spacial score (nSPS) is 16.4. The van der Waals surface area contributed by atoms with Gasteiger partial charge in [-0.15, -0.1) is 0 Å². The van der Waals surface area contributed by atoms with Gasteiger partial charge in [0.1, 0.15) is 18.2 Å². The van der Waals surface area contributed by atoms with Gasteiger partial charge < -0.3 is 35.0 Å². The fourth-order valence-corrected chi connectivity index (χ4v) is 5.21. The molecule has 5 rings (SSSR count). The topological polar surface area (TPSA) is 118 Å². The Bertz CT molecular complexity index is 1400. The lowest BCUT2D eigenvalue weighted by Gasteiger charge is -2.37. The molecule has 2 aliphatic heterocycles. The van der Waals surface area contributed by atoms with Crippen molar-refractivity contribution >= 4 is 34.9 Å². The first-order valence-corrected chi connectivity index (χ1v) is 14.7. The number of amides is 2. The highest BCUT2D eigenvalue weighted by atomic mass is 35.5. The maximum absolute atomic E-state index is 12.8. The zero-order valence-electron chi connectivity index (χ0n) is 23.8. The number of benzene rings is 3. The molecule has 2 heterocycles. The van der Waals surface area contributed by atoms with Crippen LogP contribution >= 0.6 is 11.6 Å². The van der Waals surface area contributed by atoms with Crippen molar-refractivity contribution in [2.24, 2.45) is 4.99 Å². The average molecular weight is 606 g/mol. The number of nitrogens with one attached hydrogen (secondary N) is 1. The summed E-state index contributed by atoms with van der Waals surface area (Å²) in [5.41, 5.74) is 2.98. The molecule has 0 bridgehead atoms. The summed E-state index contributed by atoms with van der Waals surface area (Å²) in [6, 6.07) is 24.8. The molecule has 0 radical (unpaired) electrons. The number of amidine groups is 1. The van der Waals surface area contributed by atoms with Gasteiger partial charge in [0.25, 0.3) is 11.8 Å². The largest absolute Gasteiger partial charge is 0.486 e. The maximum atomic E-state index is 12.8. The summed E-state index contributed by atoms with van der Waals surface area (Å²) in [6.07, 6.45) is -3.71. The van der Waals surface area contributed by atoms with Gasteiger partial charge >= 0.3 is 0 Å². The molecule has 11 heteroatoms. The van der Waals surface area contributed by atoms with Crippen molar-refractivity contribution in [3.05, 3.63) is 95.0 Å². The van der Waals surface area contributed by atoms with Crippen LogP contribution in [0.2, 0.25) is 5.02 Å². The maximum Gasteiger partial charge on any atom is 0.254 e. The van der Waals surface area contributed by atoms with Crippen LogP contribution in [0.1, 0.15) is 11.1 Å². The molecule has 10 nitrogen and oxygen atoms in total. The molecule has 3 N–H and O–H groups in total. The molecule has 0 saturated carbocycles. The van der Waals surface area contributed by atoms with Crippen molar-refractivity contribution in [1.29, 1.82) is 0 Å².